The number of fused-ring (bicyclic) bond motifs is 1. The number of aromatic carboxylic acids is 1. The van der Waals surface area contributed by atoms with Gasteiger partial charge in [-0.2, -0.15) is 5.10 Å². The van der Waals surface area contributed by atoms with E-state index >= 15 is 0 Å². The van der Waals surface area contributed by atoms with Gasteiger partial charge in [0.1, 0.15) is 28.4 Å². The van der Waals surface area contributed by atoms with Gasteiger partial charge < -0.3 is 27.2 Å². The molecule has 0 radical (unpaired) electrons. The number of nitrogen functional groups attached to an aromatic ring is 1. The fourth-order valence-electron chi connectivity index (χ4n) is 3.32. The lowest BCUT2D eigenvalue weighted by Gasteiger charge is -2.12. The van der Waals surface area contributed by atoms with Gasteiger partial charge >= 0.3 is 5.97 Å². The number of hydrogen-bond donors (Lipinski definition) is 5. The third-order valence-electron chi connectivity index (χ3n) is 5.16. The number of nitrogens with two attached hydrogens (primary N) is 2. The van der Waals surface area contributed by atoms with E-state index < -0.39 is 40.2 Å². The molecule has 0 spiro atoms. The molecule has 0 fully saturated rings. The molecule has 14 heteroatoms. The Labute approximate surface area is 193 Å². The summed E-state index contributed by atoms with van der Waals surface area (Å²) in [5, 5.41) is 18.4. The molecule has 178 valence electrons. The van der Waals surface area contributed by atoms with Gasteiger partial charge in [-0.05, 0) is 17.7 Å². The van der Waals surface area contributed by atoms with E-state index in [1.54, 1.807) is 0 Å². The molecule has 0 saturated heterocycles. The van der Waals surface area contributed by atoms with E-state index in [9.17, 15) is 33.5 Å². The summed E-state index contributed by atoms with van der Waals surface area (Å²) in [7, 11) is 0. The van der Waals surface area contributed by atoms with Crippen LogP contribution in [0.25, 0.3) is 5.65 Å². The van der Waals surface area contributed by atoms with Gasteiger partial charge in [0.15, 0.2) is 11.3 Å². The van der Waals surface area contributed by atoms with Gasteiger partial charge in [-0.15, -0.1) is 0 Å². The molecule has 2 aromatic carbocycles. The van der Waals surface area contributed by atoms with Gasteiger partial charge in [0.05, 0.1) is 6.20 Å². The monoisotopic (exact) mass is 481 g/mol. The normalized spacial score (nSPS) is 11.0. The van der Waals surface area contributed by atoms with Crippen LogP contribution >= 0.6 is 0 Å². The summed E-state index contributed by atoms with van der Waals surface area (Å²) in [5.74, 6) is -3.68. The highest BCUT2D eigenvalue weighted by molar-refractivity contribution is 6.01. The number of carbonyl (C=O) groups excluding carboxylic acids is 2. The van der Waals surface area contributed by atoms with Gasteiger partial charge in [0.25, 0.3) is 22.7 Å². The van der Waals surface area contributed by atoms with Crippen molar-refractivity contribution >= 4 is 34.8 Å². The van der Waals surface area contributed by atoms with Crippen molar-refractivity contribution in [2.75, 3.05) is 11.1 Å². The molecule has 4 rings (SSSR count). The van der Waals surface area contributed by atoms with Crippen molar-refractivity contribution in [2.24, 2.45) is 5.73 Å². The number of hydrogen-bond acceptors (Lipinski definition) is 9. The second-order valence-corrected chi connectivity index (χ2v) is 7.40. The minimum atomic E-state index is -1.41. The second-order valence-electron chi connectivity index (χ2n) is 7.40. The fourth-order valence-corrected chi connectivity index (χ4v) is 3.32. The van der Waals surface area contributed by atoms with Crippen LogP contribution in [0, 0.1) is 5.82 Å². The lowest BCUT2D eigenvalue weighted by atomic mass is 10.1. The molecule has 0 saturated carbocycles. The first-order valence-electron chi connectivity index (χ1n) is 9.88. The van der Waals surface area contributed by atoms with Crippen LogP contribution in [0.4, 0.5) is 15.8 Å². The number of rotatable bonds is 8. The maximum atomic E-state index is 14.2. The Balaban J connectivity index is 1.52. The summed E-state index contributed by atoms with van der Waals surface area (Å²) in [4.78, 5) is 62.5. The molecular formula is C21H16FN7O6. The number of carboxylic acids is 1. The van der Waals surface area contributed by atoms with E-state index in [1.807, 2.05) is 0 Å². The van der Waals surface area contributed by atoms with Crippen LogP contribution in [-0.2, 0) is 13.1 Å². The standard InChI is InChI=1S/C21H16FN7O6/c22-11-2-1-8(3-9(11)6-25-15-14(23)16(30)17(15)31)5-26-20(33)12-4-13(21(34)35)29-19(28-12)10(7-27-29)18(24)32/h1-4,7,25H,5-6,23H2,(H2,24,32)(H,26,33)(H,34,35). The third kappa shape index (κ3) is 4.15. The van der Waals surface area contributed by atoms with Crippen molar-refractivity contribution in [1.29, 1.82) is 0 Å². The van der Waals surface area contributed by atoms with Crippen LogP contribution in [0.5, 0.6) is 0 Å². The first-order valence-corrected chi connectivity index (χ1v) is 9.88. The molecule has 0 unspecified atom stereocenters. The third-order valence-corrected chi connectivity index (χ3v) is 5.16. The maximum Gasteiger partial charge on any atom is 0.354 e. The average Bonchev–Trinajstić information content (AvgIpc) is 3.27. The zero-order valence-corrected chi connectivity index (χ0v) is 17.7. The van der Waals surface area contributed by atoms with E-state index in [0.717, 1.165) is 22.8 Å². The number of primary amides is 1. The maximum absolute atomic E-state index is 14.2. The Morgan fingerprint density at radius 1 is 1.11 bits per heavy atom. The highest BCUT2D eigenvalue weighted by atomic mass is 19.1. The first kappa shape index (κ1) is 23.0. The topological polar surface area (TPSA) is 212 Å². The predicted molar refractivity (Wildman–Crippen MR) is 119 cm³/mol. The second kappa shape index (κ2) is 8.66. The molecule has 0 aliphatic rings. The lowest BCUT2D eigenvalue weighted by Crippen LogP contribution is -2.37. The van der Waals surface area contributed by atoms with E-state index in [2.05, 4.69) is 20.7 Å². The molecule has 7 N–H and O–H groups in total. The van der Waals surface area contributed by atoms with Crippen molar-refractivity contribution < 1.29 is 23.9 Å². The van der Waals surface area contributed by atoms with Crippen molar-refractivity contribution in [2.45, 2.75) is 13.1 Å². The number of halogens is 1. The van der Waals surface area contributed by atoms with Gasteiger partial charge in [0.2, 0.25) is 0 Å². The van der Waals surface area contributed by atoms with E-state index in [4.69, 9.17) is 11.5 Å². The molecule has 2 amide bonds. The van der Waals surface area contributed by atoms with Gasteiger partial charge in [-0.25, -0.2) is 18.7 Å². The molecule has 35 heavy (non-hydrogen) atoms. The zero-order chi connectivity index (χ0) is 25.4. The molecule has 4 aromatic rings. The summed E-state index contributed by atoms with van der Waals surface area (Å²) in [6.07, 6.45) is 1.05. The number of carboxylic acid groups (broad SMARTS) is 1. The van der Waals surface area contributed by atoms with Crippen molar-refractivity contribution in [3.05, 3.63) is 84.8 Å². The molecule has 0 atom stereocenters. The van der Waals surface area contributed by atoms with Crippen LogP contribution in [0.1, 0.15) is 42.5 Å². The van der Waals surface area contributed by atoms with Crippen molar-refractivity contribution in [3.8, 4) is 0 Å². The SMILES string of the molecule is NC(=O)c1cnn2c(C(=O)O)cc(C(=O)NCc3ccc(F)c(CNc4c(N)c(=O)c4=O)c3)nc12. The summed E-state index contributed by atoms with van der Waals surface area (Å²) in [5.41, 5.74) is 8.32. The molecule has 0 bridgehead atoms. The summed E-state index contributed by atoms with van der Waals surface area (Å²) >= 11 is 0. The highest BCUT2D eigenvalue weighted by Gasteiger charge is 2.21. The van der Waals surface area contributed by atoms with Gasteiger partial charge in [-0.1, -0.05) is 6.07 Å². The molecule has 13 nitrogen and oxygen atoms in total. The smallest absolute Gasteiger partial charge is 0.354 e. The number of nitrogens with one attached hydrogen (secondary N) is 2. The van der Waals surface area contributed by atoms with E-state index in [0.29, 0.717) is 5.56 Å². The van der Waals surface area contributed by atoms with Crippen LogP contribution < -0.4 is 33.0 Å². The molecule has 2 heterocycles. The Morgan fingerprint density at radius 3 is 2.51 bits per heavy atom. The largest absolute Gasteiger partial charge is 0.477 e. The van der Waals surface area contributed by atoms with Crippen LogP contribution in [-0.4, -0.2) is 37.5 Å². The number of carbonyl (C=O) groups is 3. The van der Waals surface area contributed by atoms with Crippen molar-refractivity contribution in [1.82, 2.24) is 19.9 Å². The van der Waals surface area contributed by atoms with Crippen LogP contribution in [0.3, 0.4) is 0 Å². The molecule has 2 aromatic heterocycles. The van der Waals surface area contributed by atoms with Gasteiger partial charge in [0, 0.05) is 24.7 Å². The molecular weight excluding hydrogens is 465 g/mol. The Morgan fingerprint density at radius 2 is 1.86 bits per heavy atom. The first-order chi connectivity index (χ1) is 16.6. The number of amides is 2. The Hall–Kier alpha value is -5.14. The lowest BCUT2D eigenvalue weighted by molar-refractivity contribution is 0.0686. The fraction of sp³-hybridized carbons (Fsp3) is 0.0952. The van der Waals surface area contributed by atoms with Crippen LogP contribution in [0.15, 0.2) is 40.1 Å². The predicted octanol–water partition coefficient (Wildman–Crippen LogP) is -0.614. The van der Waals surface area contributed by atoms with Crippen molar-refractivity contribution in [3.63, 3.8) is 0 Å². The quantitative estimate of drug-likeness (QED) is 0.201. The molecule has 0 aliphatic heterocycles. The average molecular weight is 481 g/mol. The van der Waals surface area contributed by atoms with Crippen LogP contribution in [0.2, 0.25) is 0 Å². The minimum Gasteiger partial charge on any atom is -0.477 e. The van der Waals surface area contributed by atoms with E-state index in [1.165, 1.54) is 12.1 Å². The summed E-state index contributed by atoms with van der Waals surface area (Å²) < 4.78 is 15.1. The number of nitrogens with zero attached hydrogens (tertiary/aromatic N) is 3. The summed E-state index contributed by atoms with van der Waals surface area (Å²) in [6.45, 7) is -0.231. The summed E-state index contributed by atoms with van der Waals surface area (Å²) in [6, 6.07) is 4.97. The minimum absolute atomic E-state index is 0.0843. The number of benzene rings is 1. The number of aromatic nitrogens is 3. The number of anilines is 2. The van der Waals surface area contributed by atoms with E-state index in [-0.39, 0.29) is 46.9 Å². The highest BCUT2D eigenvalue weighted by Crippen LogP contribution is 2.16. The van der Waals surface area contributed by atoms with Gasteiger partial charge in [-0.3, -0.25) is 19.2 Å². The Kier molecular flexibility index (Phi) is 5.70. The Bertz CT molecular complexity index is 1600. The zero-order valence-electron chi connectivity index (χ0n) is 17.7. The molecule has 0 aliphatic carbocycles.